The number of carbonyl (C=O) groups is 4. The van der Waals surface area contributed by atoms with Crippen molar-refractivity contribution in [1.29, 1.82) is 0 Å². The Morgan fingerprint density at radius 3 is 2.44 bits per heavy atom. The molecule has 10 nitrogen and oxygen atoms in total. The maximum absolute atomic E-state index is 12.9. The highest BCUT2D eigenvalue weighted by Gasteiger charge is 2.37. The number of nitrogens with zero attached hydrogens (tertiary/aromatic N) is 1. The van der Waals surface area contributed by atoms with Gasteiger partial charge in [0.1, 0.15) is 18.1 Å². The highest BCUT2D eigenvalue weighted by atomic mass is 32.1. The molecule has 11 heteroatoms. The van der Waals surface area contributed by atoms with Crippen LogP contribution in [0.4, 0.5) is 0 Å². The second-order valence-electron chi connectivity index (χ2n) is 8.41. The molecule has 0 radical (unpaired) electrons. The molecule has 34 heavy (non-hydrogen) atoms. The zero-order chi connectivity index (χ0) is 25.1. The number of rotatable bonds is 13. The molecule has 2 rings (SSSR count). The lowest BCUT2D eigenvalue weighted by Crippen LogP contribution is -2.57. The monoisotopic (exact) mass is 493 g/mol. The number of amides is 3. The molecule has 4 atom stereocenters. The molecule has 3 amide bonds. The van der Waals surface area contributed by atoms with E-state index < -0.39 is 42.0 Å². The molecular weight excluding hydrogens is 458 g/mol. The van der Waals surface area contributed by atoms with Crippen molar-refractivity contribution in [3.05, 3.63) is 35.9 Å². The average molecular weight is 494 g/mol. The number of thiol groups is 1. The predicted octanol–water partition coefficient (Wildman–Crippen LogP) is -0.340. The summed E-state index contributed by atoms with van der Waals surface area (Å²) in [5.41, 5.74) is 12.3. The topological polar surface area (TPSA) is 168 Å². The molecule has 7 N–H and O–H groups in total. The standard InChI is InChI=1S/C23H35N5O5S/c24-11-5-4-9-16(25)22(31)28-12-6-10-19(28)21(30)27-18(14-34)20(29)26-17(23(32)33)13-15-7-2-1-3-8-15/h1-3,7-8,16-19,34H,4-6,9-14,24-25H2,(H,26,29)(H,27,30)(H,32,33). The van der Waals surface area contributed by atoms with E-state index in [2.05, 4.69) is 23.3 Å². The Kier molecular flexibility index (Phi) is 11.3. The van der Waals surface area contributed by atoms with Crippen LogP contribution in [-0.2, 0) is 25.6 Å². The van der Waals surface area contributed by atoms with Crippen LogP contribution in [0.3, 0.4) is 0 Å². The van der Waals surface area contributed by atoms with E-state index in [9.17, 15) is 24.3 Å². The first-order chi connectivity index (χ1) is 16.3. The molecule has 1 aromatic rings. The normalized spacial score (nSPS) is 18.1. The van der Waals surface area contributed by atoms with Crippen LogP contribution in [0.25, 0.3) is 0 Å². The van der Waals surface area contributed by atoms with E-state index in [1.807, 2.05) is 6.07 Å². The predicted molar refractivity (Wildman–Crippen MR) is 131 cm³/mol. The van der Waals surface area contributed by atoms with Crippen molar-refractivity contribution in [1.82, 2.24) is 15.5 Å². The van der Waals surface area contributed by atoms with Crippen LogP contribution >= 0.6 is 12.6 Å². The maximum Gasteiger partial charge on any atom is 0.326 e. The second kappa shape index (κ2) is 13.9. The highest BCUT2D eigenvalue weighted by Crippen LogP contribution is 2.19. The van der Waals surface area contributed by atoms with Crippen molar-refractivity contribution in [2.24, 2.45) is 11.5 Å². The van der Waals surface area contributed by atoms with E-state index in [0.29, 0.717) is 32.4 Å². The molecule has 0 aromatic heterocycles. The second-order valence-corrected chi connectivity index (χ2v) is 8.78. The zero-order valence-electron chi connectivity index (χ0n) is 19.2. The van der Waals surface area contributed by atoms with Crippen molar-refractivity contribution >= 4 is 36.3 Å². The number of carboxylic acid groups (broad SMARTS) is 1. The van der Waals surface area contributed by atoms with Gasteiger partial charge in [-0.2, -0.15) is 12.6 Å². The van der Waals surface area contributed by atoms with Gasteiger partial charge in [0.05, 0.1) is 6.04 Å². The quantitative estimate of drug-likeness (QED) is 0.161. The summed E-state index contributed by atoms with van der Waals surface area (Å²) in [6, 6.07) is 5.26. The molecule has 1 aliphatic rings. The number of carbonyl (C=O) groups excluding carboxylic acids is 3. The smallest absolute Gasteiger partial charge is 0.326 e. The number of aliphatic carboxylic acids is 1. The highest BCUT2D eigenvalue weighted by molar-refractivity contribution is 7.80. The Balaban J connectivity index is 1.98. The number of nitrogens with one attached hydrogen (secondary N) is 2. The molecule has 1 heterocycles. The molecule has 4 unspecified atom stereocenters. The number of unbranched alkanes of at least 4 members (excludes halogenated alkanes) is 1. The first-order valence-electron chi connectivity index (χ1n) is 11.5. The fourth-order valence-electron chi connectivity index (χ4n) is 3.93. The summed E-state index contributed by atoms with van der Waals surface area (Å²) in [7, 11) is 0. The number of nitrogens with two attached hydrogens (primary N) is 2. The minimum Gasteiger partial charge on any atom is -0.480 e. The van der Waals surface area contributed by atoms with Gasteiger partial charge in [0.15, 0.2) is 0 Å². The van der Waals surface area contributed by atoms with Crippen LogP contribution in [0.5, 0.6) is 0 Å². The molecule has 1 aliphatic heterocycles. The first kappa shape index (κ1) is 27.6. The van der Waals surface area contributed by atoms with Gasteiger partial charge in [0.25, 0.3) is 0 Å². The van der Waals surface area contributed by atoms with Crippen LogP contribution in [0.15, 0.2) is 30.3 Å². The molecule has 0 aliphatic carbocycles. The Bertz CT molecular complexity index is 840. The number of carboxylic acids is 1. The summed E-state index contributed by atoms with van der Waals surface area (Å²) < 4.78 is 0. The number of benzene rings is 1. The van der Waals surface area contributed by atoms with Crippen LogP contribution in [0, 0.1) is 0 Å². The van der Waals surface area contributed by atoms with Crippen LogP contribution in [-0.4, -0.2) is 76.7 Å². The van der Waals surface area contributed by atoms with Gasteiger partial charge in [-0.15, -0.1) is 0 Å². The molecule has 0 saturated carbocycles. The summed E-state index contributed by atoms with van der Waals surface area (Å²) in [5, 5.41) is 14.6. The molecule has 0 spiro atoms. The van der Waals surface area contributed by atoms with Crippen LogP contribution in [0.1, 0.15) is 37.7 Å². The van der Waals surface area contributed by atoms with Gasteiger partial charge in [-0.05, 0) is 37.8 Å². The van der Waals surface area contributed by atoms with Gasteiger partial charge in [0, 0.05) is 18.7 Å². The van der Waals surface area contributed by atoms with Crippen LogP contribution in [0.2, 0.25) is 0 Å². The average Bonchev–Trinajstić information content (AvgIpc) is 3.32. The molecule has 1 aromatic carbocycles. The fourth-order valence-corrected chi connectivity index (χ4v) is 4.19. The number of likely N-dealkylation sites (tertiary alicyclic amines) is 1. The summed E-state index contributed by atoms with van der Waals surface area (Å²) in [6.07, 6.45) is 3.19. The van der Waals surface area contributed by atoms with E-state index in [4.69, 9.17) is 11.5 Å². The number of hydrogen-bond acceptors (Lipinski definition) is 7. The molecule has 188 valence electrons. The van der Waals surface area contributed by atoms with Gasteiger partial charge in [-0.3, -0.25) is 14.4 Å². The van der Waals surface area contributed by atoms with Crippen LogP contribution < -0.4 is 22.1 Å². The third-order valence-corrected chi connectivity index (χ3v) is 6.20. The van der Waals surface area contributed by atoms with Gasteiger partial charge in [-0.1, -0.05) is 36.8 Å². The SMILES string of the molecule is NCCCCC(N)C(=O)N1CCCC1C(=O)NC(CS)C(=O)NC(Cc1ccccc1)C(=O)O. The summed E-state index contributed by atoms with van der Waals surface area (Å²) in [5.74, 6) is -2.65. The lowest BCUT2D eigenvalue weighted by molar-refractivity contribution is -0.143. The van der Waals surface area contributed by atoms with E-state index in [1.54, 1.807) is 24.3 Å². The Labute approximate surface area is 205 Å². The van der Waals surface area contributed by atoms with Gasteiger partial charge < -0.3 is 32.1 Å². The number of hydrogen-bond donors (Lipinski definition) is 6. The summed E-state index contributed by atoms with van der Waals surface area (Å²) in [4.78, 5) is 51.6. The van der Waals surface area contributed by atoms with E-state index in [1.165, 1.54) is 4.90 Å². The lowest BCUT2D eigenvalue weighted by atomic mass is 10.1. The maximum atomic E-state index is 12.9. The van der Waals surface area contributed by atoms with Crippen molar-refractivity contribution in [2.75, 3.05) is 18.8 Å². The van der Waals surface area contributed by atoms with Crippen molar-refractivity contribution < 1.29 is 24.3 Å². The van der Waals surface area contributed by atoms with Gasteiger partial charge in [0.2, 0.25) is 17.7 Å². The van der Waals surface area contributed by atoms with Crippen molar-refractivity contribution in [3.8, 4) is 0 Å². The molecule has 1 saturated heterocycles. The third kappa shape index (κ3) is 8.00. The molecular formula is C23H35N5O5S. The minimum absolute atomic E-state index is 0.0332. The van der Waals surface area contributed by atoms with Gasteiger partial charge >= 0.3 is 5.97 Å². The zero-order valence-corrected chi connectivity index (χ0v) is 20.1. The third-order valence-electron chi connectivity index (χ3n) is 5.84. The van der Waals surface area contributed by atoms with E-state index in [0.717, 1.165) is 18.4 Å². The Morgan fingerprint density at radius 2 is 1.82 bits per heavy atom. The lowest BCUT2D eigenvalue weighted by Gasteiger charge is -2.28. The minimum atomic E-state index is -1.18. The largest absolute Gasteiger partial charge is 0.480 e. The van der Waals surface area contributed by atoms with E-state index >= 15 is 0 Å². The summed E-state index contributed by atoms with van der Waals surface area (Å²) >= 11 is 4.16. The fraction of sp³-hybridized carbons (Fsp3) is 0.565. The molecule has 1 fully saturated rings. The Morgan fingerprint density at radius 1 is 1.12 bits per heavy atom. The Hall–Kier alpha value is -2.63. The van der Waals surface area contributed by atoms with E-state index in [-0.39, 0.29) is 18.1 Å². The molecule has 0 bridgehead atoms. The van der Waals surface area contributed by atoms with Crippen molar-refractivity contribution in [3.63, 3.8) is 0 Å². The van der Waals surface area contributed by atoms with Crippen molar-refractivity contribution in [2.45, 2.75) is 62.7 Å². The first-order valence-corrected chi connectivity index (χ1v) is 12.2. The summed E-state index contributed by atoms with van der Waals surface area (Å²) in [6.45, 7) is 0.939. The van der Waals surface area contributed by atoms with Gasteiger partial charge in [-0.25, -0.2) is 4.79 Å².